The van der Waals surface area contributed by atoms with Crippen molar-refractivity contribution in [2.75, 3.05) is 0 Å². The highest BCUT2D eigenvalue weighted by Gasteiger charge is 2.11. The van der Waals surface area contributed by atoms with Crippen LogP contribution in [0, 0.1) is 10.1 Å². The van der Waals surface area contributed by atoms with Crippen LogP contribution in [0.15, 0.2) is 24.3 Å². The molecule has 1 aromatic rings. The molecule has 0 saturated heterocycles. The normalized spacial score (nSPS) is 10.5. The molecule has 0 amide bonds. The Morgan fingerprint density at radius 1 is 1.54 bits per heavy atom. The fourth-order valence-electron chi connectivity index (χ4n) is 0.983. The second-order valence-electron chi connectivity index (χ2n) is 2.51. The molecule has 1 N–H and O–H groups in total. The summed E-state index contributed by atoms with van der Waals surface area (Å²) in [4.78, 5) is 9.79. The Morgan fingerprint density at radius 3 is 2.77 bits per heavy atom. The van der Waals surface area contributed by atoms with Gasteiger partial charge in [0.2, 0.25) is 0 Å². The van der Waals surface area contributed by atoms with Crippen molar-refractivity contribution in [2.45, 2.75) is 6.92 Å². The summed E-state index contributed by atoms with van der Waals surface area (Å²) in [7, 11) is 0. The highest BCUT2D eigenvalue weighted by molar-refractivity contribution is 5.57. The highest BCUT2D eigenvalue weighted by Crippen LogP contribution is 2.26. The summed E-state index contributed by atoms with van der Waals surface area (Å²) < 4.78 is 0. The summed E-state index contributed by atoms with van der Waals surface area (Å²) in [5.74, 6) is -0.307. The number of phenolic OH excluding ortho intramolecular Hbond substituents is 1. The quantitative estimate of drug-likeness (QED) is 0.559. The number of allylic oxidation sites excluding steroid dienone is 1. The Bertz CT molecular complexity index is 358. The van der Waals surface area contributed by atoms with Crippen molar-refractivity contribution >= 4 is 11.8 Å². The van der Waals surface area contributed by atoms with Gasteiger partial charge < -0.3 is 5.11 Å². The summed E-state index contributed by atoms with van der Waals surface area (Å²) in [6, 6.07) is 4.26. The minimum Gasteiger partial charge on any atom is -0.502 e. The molecule has 0 aliphatic rings. The summed E-state index contributed by atoms with van der Waals surface area (Å²) in [5, 5.41) is 19.5. The smallest absolute Gasteiger partial charge is 0.311 e. The predicted molar refractivity (Wildman–Crippen MR) is 49.5 cm³/mol. The van der Waals surface area contributed by atoms with Crippen LogP contribution in [0.1, 0.15) is 12.5 Å². The number of nitro benzene ring substituents is 1. The number of hydrogen-bond donors (Lipinski definition) is 1. The third-order valence-electron chi connectivity index (χ3n) is 1.56. The van der Waals surface area contributed by atoms with Gasteiger partial charge in [-0.2, -0.15) is 0 Å². The first-order valence-electron chi connectivity index (χ1n) is 3.75. The zero-order chi connectivity index (χ0) is 9.84. The van der Waals surface area contributed by atoms with Gasteiger partial charge in [0, 0.05) is 6.07 Å². The second kappa shape index (κ2) is 3.71. The lowest BCUT2D eigenvalue weighted by molar-refractivity contribution is -0.385. The number of aromatic hydroxyl groups is 1. The first-order valence-corrected chi connectivity index (χ1v) is 3.75. The predicted octanol–water partition coefficient (Wildman–Crippen LogP) is 2.33. The van der Waals surface area contributed by atoms with E-state index in [0.29, 0.717) is 5.56 Å². The molecule has 0 radical (unpaired) electrons. The molecule has 4 heteroatoms. The van der Waals surface area contributed by atoms with Crippen molar-refractivity contribution in [1.82, 2.24) is 0 Å². The molecule has 0 atom stereocenters. The van der Waals surface area contributed by atoms with Crippen LogP contribution < -0.4 is 0 Å². The first kappa shape index (κ1) is 9.25. The average Bonchev–Trinajstić information content (AvgIpc) is 2.08. The molecule has 4 nitrogen and oxygen atoms in total. The number of nitro groups is 1. The van der Waals surface area contributed by atoms with E-state index in [9.17, 15) is 10.1 Å². The molecule has 13 heavy (non-hydrogen) atoms. The van der Waals surface area contributed by atoms with Crippen LogP contribution in [0.2, 0.25) is 0 Å². The van der Waals surface area contributed by atoms with Gasteiger partial charge in [-0.25, -0.2) is 0 Å². The van der Waals surface area contributed by atoms with Gasteiger partial charge in [0.05, 0.1) is 4.92 Å². The number of benzene rings is 1. The number of nitrogens with zero attached hydrogens (tertiary/aromatic N) is 1. The summed E-state index contributed by atoms with van der Waals surface area (Å²) in [6.07, 6.45) is 3.50. The summed E-state index contributed by atoms with van der Waals surface area (Å²) in [6.45, 7) is 1.82. The third kappa shape index (κ3) is 2.05. The van der Waals surface area contributed by atoms with Gasteiger partial charge in [-0.15, -0.1) is 0 Å². The fraction of sp³-hybridized carbons (Fsp3) is 0.111. The summed E-state index contributed by atoms with van der Waals surface area (Å²) >= 11 is 0. The molecule has 1 rings (SSSR count). The van der Waals surface area contributed by atoms with Crippen molar-refractivity contribution in [3.63, 3.8) is 0 Å². The van der Waals surface area contributed by atoms with Gasteiger partial charge in [0.15, 0.2) is 5.75 Å². The minimum atomic E-state index is -0.609. The van der Waals surface area contributed by atoms with Gasteiger partial charge in [0.1, 0.15) is 0 Å². The van der Waals surface area contributed by atoms with E-state index >= 15 is 0 Å². The van der Waals surface area contributed by atoms with Crippen LogP contribution in [-0.4, -0.2) is 10.0 Å². The van der Waals surface area contributed by atoms with E-state index in [-0.39, 0.29) is 11.4 Å². The first-order chi connectivity index (χ1) is 6.15. The molecule has 0 aromatic heterocycles. The van der Waals surface area contributed by atoms with Crippen molar-refractivity contribution in [3.05, 3.63) is 40.0 Å². The molecule has 0 saturated carbocycles. The maximum atomic E-state index is 10.4. The molecule has 0 aliphatic heterocycles. The number of phenols is 1. The monoisotopic (exact) mass is 179 g/mol. The molecule has 68 valence electrons. The maximum Gasteiger partial charge on any atom is 0.311 e. The topological polar surface area (TPSA) is 63.4 Å². The third-order valence-corrected chi connectivity index (χ3v) is 1.56. The average molecular weight is 179 g/mol. The highest BCUT2D eigenvalue weighted by atomic mass is 16.6. The molecule has 0 unspecified atom stereocenters. The number of hydrogen-bond acceptors (Lipinski definition) is 3. The van der Waals surface area contributed by atoms with Gasteiger partial charge in [-0.05, 0) is 18.6 Å². The lowest BCUT2D eigenvalue weighted by atomic mass is 10.2. The molecule has 0 heterocycles. The van der Waals surface area contributed by atoms with E-state index in [0.717, 1.165) is 0 Å². The van der Waals surface area contributed by atoms with Gasteiger partial charge >= 0.3 is 5.69 Å². The number of rotatable bonds is 2. The van der Waals surface area contributed by atoms with E-state index in [4.69, 9.17) is 5.11 Å². The molecule has 0 fully saturated rings. The standard InChI is InChI=1S/C9H9NO3/c1-2-3-7-4-5-9(11)8(6-7)10(12)13/h2-6,11H,1H3. The molecular weight excluding hydrogens is 170 g/mol. The molecule has 0 aliphatic carbocycles. The van der Waals surface area contributed by atoms with Gasteiger partial charge in [-0.1, -0.05) is 18.2 Å². The van der Waals surface area contributed by atoms with Crippen LogP contribution >= 0.6 is 0 Å². The van der Waals surface area contributed by atoms with Gasteiger partial charge in [-0.3, -0.25) is 10.1 Å². The van der Waals surface area contributed by atoms with E-state index < -0.39 is 4.92 Å². The van der Waals surface area contributed by atoms with E-state index in [1.807, 2.05) is 6.92 Å². The Kier molecular flexibility index (Phi) is 2.64. The van der Waals surface area contributed by atoms with Crippen molar-refractivity contribution in [1.29, 1.82) is 0 Å². The Morgan fingerprint density at radius 2 is 2.23 bits per heavy atom. The fourth-order valence-corrected chi connectivity index (χ4v) is 0.983. The van der Waals surface area contributed by atoms with E-state index in [1.54, 1.807) is 18.2 Å². The second-order valence-corrected chi connectivity index (χ2v) is 2.51. The van der Waals surface area contributed by atoms with E-state index in [2.05, 4.69) is 0 Å². The minimum absolute atomic E-state index is 0.268. The van der Waals surface area contributed by atoms with Crippen LogP contribution in [0.5, 0.6) is 5.75 Å². The van der Waals surface area contributed by atoms with Crippen molar-refractivity contribution in [3.8, 4) is 5.75 Å². The lowest BCUT2D eigenvalue weighted by Crippen LogP contribution is -1.88. The van der Waals surface area contributed by atoms with Crippen LogP contribution in [0.3, 0.4) is 0 Å². The molecular formula is C9H9NO3. The lowest BCUT2D eigenvalue weighted by Gasteiger charge is -1.96. The van der Waals surface area contributed by atoms with Crippen molar-refractivity contribution in [2.24, 2.45) is 0 Å². The largest absolute Gasteiger partial charge is 0.502 e. The summed E-state index contributed by atoms with van der Waals surface area (Å²) in [5.41, 5.74) is 0.433. The molecule has 1 aromatic carbocycles. The Labute approximate surface area is 75.3 Å². The van der Waals surface area contributed by atoms with Gasteiger partial charge in [0.25, 0.3) is 0 Å². The SMILES string of the molecule is CC=Cc1ccc(O)c([N+](=O)[O-])c1. The van der Waals surface area contributed by atoms with Crippen LogP contribution in [0.25, 0.3) is 6.08 Å². The van der Waals surface area contributed by atoms with E-state index in [1.165, 1.54) is 12.1 Å². The Hall–Kier alpha value is -1.84. The van der Waals surface area contributed by atoms with Crippen LogP contribution in [0.4, 0.5) is 5.69 Å². The van der Waals surface area contributed by atoms with Crippen LogP contribution in [-0.2, 0) is 0 Å². The van der Waals surface area contributed by atoms with Crippen molar-refractivity contribution < 1.29 is 10.0 Å². The maximum absolute atomic E-state index is 10.4. The molecule has 0 bridgehead atoms. The zero-order valence-corrected chi connectivity index (χ0v) is 7.10. The molecule has 0 spiro atoms. The zero-order valence-electron chi connectivity index (χ0n) is 7.10. The Balaban J connectivity index is 3.18.